The van der Waals surface area contributed by atoms with Gasteiger partial charge in [0.25, 0.3) is 11.6 Å². The molecule has 0 aliphatic carbocycles. The van der Waals surface area contributed by atoms with Gasteiger partial charge in [-0.3, -0.25) is 14.9 Å². The van der Waals surface area contributed by atoms with Crippen molar-refractivity contribution >= 4 is 27.5 Å². The standard InChI is InChI=1S/C13H16BrN3O3/c14-10-6-9(7-12(8-10)17(19)20)13(18)16-5-3-11-2-1-4-15-11/h6-8,11,15H,1-5H2,(H,16,18)/t11-/m1/s1. The summed E-state index contributed by atoms with van der Waals surface area (Å²) in [7, 11) is 0. The van der Waals surface area contributed by atoms with E-state index in [2.05, 4.69) is 26.6 Å². The Bertz CT molecular complexity index is 516. The van der Waals surface area contributed by atoms with E-state index in [1.807, 2.05) is 0 Å². The Hall–Kier alpha value is -1.47. The first-order chi connectivity index (χ1) is 9.56. The van der Waals surface area contributed by atoms with Crippen molar-refractivity contribution in [3.05, 3.63) is 38.3 Å². The molecule has 0 spiro atoms. The lowest BCUT2D eigenvalue weighted by atomic mass is 10.1. The van der Waals surface area contributed by atoms with Crippen molar-refractivity contribution < 1.29 is 9.72 Å². The third kappa shape index (κ3) is 4.01. The Morgan fingerprint density at radius 2 is 2.30 bits per heavy atom. The summed E-state index contributed by atoms with van der Waals surface area (Å²) in [5, 5.41) is 16.9. The van der Waals surface area contributed by atoms with Crippen molar-refractivity contribution in [1.82, 2.24) is 10.6 Å². The summed E-state index contributed by atoms with van der Waals surface area (Å²) >= 11 is 3.18. The van der Waals surface area contributed by atoms with Crippen molar-refractivity contribution in [2.75, 3.05) is 13.1 Å². The normalized spacial score (nSPS) is 17.9. The quantitative estimate of drug-likeness (QED) is 0.635. The summed E-state index contributed by atoms with van der Waals surface area (Å²) in [6, 6.07) is 4.70. The largest absolute Gasteiger partial charge is 0.352 e. The van der Waals surface area contributed by atoms with Crippen molar-refractivity contribution in [3.8, 4) is 0 Å². The second-order valence-electron chi connectivity index (χ2n) is 4.79. The number of non-ortho nitro benzene ring substituents is 1. The van der Waals surface area contributed by atoms with E-state index in [0.717, 1.165) is 19.4 Å². The van der Waals surface area contributed by atoms with Gasteiger partial charge in [0.2, 0.25) is 0 Å². The zero-order chi connectivity index (χ0) is 14.5. The van der Waals surface area contributed by atoms with Gasteiger partial charge in [0.15, 0.2) is 0 Å². The molecule has 1 aliphatic rings. The highest BCUT2D eigenvalue weighted by Gasteiger charge is 2.16. The van der Waals surface area contributed by atoms with Gasteiger partial charge in [0, 0.05) is 34.8 Å². The van der Waals surface area contributed by atoms with Gasteiger partial charge in [0.1, 0.15) is 0 Å². The summed E-state index contributed by atoms with van der Waals surface area (Å²) in [4.78, 5) is 22.2. The monoisotopic (exact) mass is 341 g/mol. The van der Waals surface area contributed by atoms with Crippen LogP contribution in [0, 0.1) is 10.1 Å². The minimum atomic E-state index is -0.510. The second kappa shape index (κ2) is 6.81. The molecule has 0 radical (unpaired) electrons. The number of benzene rings is 1. The van der Waals surface area contributed by atoms with Gasteiger partial charge in [-0.15, -0.1) is 0 Å². The molecule has 1 heterocycles. The number of amides is 1. The summed E-state index contributed by atoms with van der Waals surface area (Å²) in [6.45, 7) is 1.60. The van der Waals surface area contributed by atoms with Crippen molar-refractivity contribution in [3.63, 3.8) is 0 Å². The molecule has 1 aliphatic heterocycles. The fourth-order valence-corrected chi connectivity index (χ4v) is 2.76. The molecule has 0 bridgehead atoms. The number of hydrogen-bond acceptors (Lipinski definition) is 4. The predicted octanol–water partition coefficient (Wildman–Crippen LogP) is 2.23. The van der Waals surface area contributed by atoms with Crippen molar-refractivity contribution in [1.29, 1.82) is 0 Å². The average molecular weight is 342 g/mol. The number of hydrogen-bond donors (Lipinski definition) is 2. The summed E-state index contributed by atoms with van der Waals surface area (Å²) in [5.74, 6) is -0.285. The van der Waals surface area contributed by atoms with Crippen LogP contribution in [0.15, 0.2) is 22.7 Å². The Morgan fingerprint density at radius 1 is 1.50 bits per heavy atom. The molecule has 1 amide bonds. The maximum absolute atomic E-state index is 12.0. The second-order valence-corrected chi connectivity index (χ2v) is 5.71. The van der Waals surface area contributed by atoms with Crippen LogP contribution in [0.5, 0.6) is 0 Å². The van der Waals surface area contributed by atoms with Crippen LogP contribution in [-0.2, 0) is 0 Å². The van der Waals surface area contributed by atoms with Crippen LogP contribution in [0.4, 0.5) is 5.69 Å². The van der Waals surface area contributed by atoms with E-state index < -0.39 is 4.92 Å². The van der Waals surface area contributed by atoms with Crippen LogP contribution >= 0.6 is 15.9 Å². The number of carbonyl (C=O) groups is 1. The lowest BCUT2D eigenvalue weighted by Gasteiger charge is -2.10. The zero-order valence-corrected chi connectivity index (χ0v) is 12.5. The van der Waals surface area contributed by atoms with E-state index in [1.165, 1.54) is 18.6 Å². The van der Waals surface area contributed by atoms with Crippen LogP contribution in [0.2, 0.25) is 0 Å². The molecular formula is C13H16BrN3O3. The van der Waals surface area contributed by atoms with Crippen LogP contribution in [0.25, 0.3) is 0 Å². The molecule has 0 unspecified atom stereocenters. The highest BCUT2D eigenvalue weighted by atomic mass is 79.9. The van der Waals surface area contributed by atoms with Crippen molar-refractivity contribution in [2.24, 2.45) is 0 Å². The molecule has 0 saturated carbocycles. The number of nitro groups is 1. The predicted molar refractivity (Wildman–Crippen MR) is 78.8 cm³/mol. The van der Waals surface area contributed by atoms with Gasteiger partial charge in [0.05, 0.1) is 4.92 Å². The SMILES string of the molecule is O=C(NCC[C@H]1CCCN1)c1cc(Br)cc([N+](=O)[O-])c1. The summed E-state index contributed by atoms with van der Waals surface area (Å²) < 4.78 is 0.523. The number of nitrogens with one attached hydrogen (secondary N) is 2. The molecule has 1 atom stereocenters. The summed E-state index contributed by atoms with van der Waals surface area (Å²) in [6.07, 6.45) is 3.19. The molecule has 1 fully saturated rings. The van der Waals surface area contributed by atoms with Crippen LogP contribution in [0.3, 0.4) is 0 Å². The number of halogens is 1. The molecule has 2 N–H and O–H groups in total. The molecule has 6 nitrogen and oxygen atoms in total. The van der Waals surface area contributed by atoms with Crippen LogP contribution < -0.4 is 10.6 Å². The summed E-state index contributed by atoms with van der Waals surface area (Å²) in [5.41, 5.74) is 0.201. The first kappa shape index (κ1) is 14.9. The molecular weight excluding hydrogens is 326 g/mol. The molecule has 1 saturated heterocycles. The fourth-order valence-electron chi connectivity index (χ4n) is 2.28. The van der Waals surface area contributed by atoms with Gasteiger partial charge in [-0.2, -0.15) is 0 Å². The smallest absolute Gasteiger partial charge is 0.271 e. The van der Waals surface area contributed by atoms with E-state index in [1.54, 1.807) is 6.07 Å². The molecule has 108 valence electrons. The van der Waals surface area contributed by atoms with E-state index in [4.69, 9.17) is 0 Å². The number of nitro benzene ring substituents is 1. The minimum absolute atomic E-state index is 0.0954. The highest BCUT2D eigenvalue weighted by Crippen LogP contribution is 2.21. The molecule has 1 aromatic rings. The molecule has 7 heteroatoms. The van der Waals surface area contributed by atoms with E-state index in [9.17, 15) is 14.9 Å². The van der Waals surface area contributed by atoms with Crippen molar-refractivity contribution in [2.45, 2.75) is 25.3 Å². The first-order valence-electron chi connectivity index (χ1n) is 6.53. The minimum Gasteiger partial charge on any atom is -0.352 e. The van der Waals surface area contributed by atoms with E-state index >= 15 is 0 Å². The molecule has 0 aromatic heterocycles. The Balaban J connectivity index is 1.92. The number of rotatable bonds is 5. The molecule has 20 heavy (non-hydrogen) atoms. The average Bonchev–Trinajstić information content (AvgIpc) is 2.91. The van der Waals surface area contributed by atoms with Gasteiger partial charge in [-0.25, -0.2) is 0 Å². The first-order valence-corrected chi connectivity index (χ1v) is 7.32. The Kier molecular flexibility index (Phi) is 5.08. The molecule has 1 aromatic carbocycles. The maximum Gasteiger partial charge on any atom is 0.271 e. The van der Waals surface area contributed by atoms with E-state index in [-0.39, 0.29) is 11.6 Å². The Labute approximate surface area is 125 Å². The van der Waals surface area contributed by atoms with Gasteiger partial charge in [-0.1, -0.05) is 15.9 Å². The fraction of sp³-hybridized carbons (Fsp3) is 0.462. The topological polar surface area (TPSA) is 84.3 Å². The van der Waals surface area contributed by atoms with Crippen LogP contribution in [0.1, 0.15) is 29.6 Å². The lowest BCUT2D eigenvalue weighted by Crippen LogP contribution is -2.30. The van der Waals surface area contributed by atoms with Gasteiger partial charge in [-0.05, 0) is 31.9 Å². The van der Waals surface area contributed by atoms with E-state index in [0.29, 0.717) is 22.6 Å². The highest BCUT2D eigenvalue weighted by molar-refractivity contribution is 9.10. The maximum atomic E-state index is 12.0. The van der Waals surface area contributed by atoms with Gasteiger partial charge >= 0.3 is 0 Å². The van der Waals surface area contributed by atoms with Crippen LogP contribution in [-0.4, -0.2) is 30.0 Å². The van der Waals surface area contributed by atoms with Gasteiger partial charge < -0.3 is 10.6 Å². The third-order valence-electron chi connectivity index (χ3n) is 3.30. The Morgan fingerprint density at radius 3 is 2.95 bits per heavy atom. The zero-order valence-electron chi connectivity index (χ0n) is 10.9. The third-order valence-corrected chi connectivity index (χ3v) is 3.75. The number of nitrogens with zero attached hydrogens (tertiary/aromatic N) is 1. The lowest BCUT2D eigenvalue weighted by molar-refractivity contribution is -0.385. The number of carbonyl (C=O) groups excluding carboxylic acids is 1. The molecule has 2 rings (SSSR count).